The summed E-state index contributed by atoms with van der Waals surface area (Å²) in [5, 5.41) is 18.9. The molecule has 1 aromatic rings. The van der Waals surface area contributed by atoms with Gasteiger partial charge in [-0.05, 0) is 38.7 Å². The van der Waals surface area contributed by atoms with Crippen LogP contribution in [-0.2, 0) is 16.0 Å². The Morgan fingerprint density at radius 3 is 3.09 bits per heavy atom. The van der Waals surface area contributed by atoms with Crippen LogP contribution in [0.1, 0.15) is 19.0 Å². The smallest absolute Gasteiger partial charge is 0.410 e. The Bertz CT molecular complexity index is 603. The maximum absolute atomic E-state index is 11.6. The molecule has 0 saturated carbocycles. The molecule has 2 rings (SSSR count). The largest absolute Gasteiger partial charge is 0.488 e. The molecule has 0 fully saturated rings. The number of anilines is 1. The van der Waals surface area contributed by atoms with Gasteiger partial charge in [0.05, 0.1) is 12.7 Å². The molecule has 0 aromatic carbocycles. The minimum atomic E-state index is -0.795. The van der Waals surface area contributed by atoms with Gasteiger partial charge in [-0.2, -0.15) is 5.26 Å². The van der Waals surface area contributed by atoms with Gasteiger partial charge < -0.3 is 19.3 Å². The van der Waals surface area contributed by atoms with E-state index in [-0.39, 0.29) is 6.61 Å². The number of esters is 1. The number of aromatic nitrogens is 1. The molecular formula is C15H20BN3O4. The van der Waals surface area contributed by atoms with E-state index in [1.807, 2.05) is 12.1 Å². The number of hydrogen-bond acceptors (Lipinski definition) is 7. The normalized spacial score (nSPS) is 14.3. The molecule has 0 aliphatic carbocycles. The first-order chi connectivity index (χ1) is 11.1. The summed E-state index contributed by atoms with van der Waals surface area (Å²) in [6.45, 7) is 4.70. The van der Waals surface area contributed by atoms with Crippen molar-refractivity contribution in [2.24, 2.45) is 5.92 Å². The molecule has 0 amide bonds. The molecular weight excluding hydrogens is 297 g/mol. The molecule has 1 aliphatic rings. The minimum absolute atomic E-state index is 0.259. The zero-order chi connectivity index (χ0) is 16.8. The Labute approximate surface area is 136 Å². The van der Waals surface area contributed by atoms with Crippen LogP contribution in [0.5, 0.6) is 5.75 Å². The van der Waals surface area contributed by atoms with Crippen LogP contribution in [0.3, 0.4) is 0 Å². The third kappa shape index (κ3) is 4.14. The molecule has 23 heavy (non-hydrogen) atoms. The van der Waals surface area contributed by atoms with Crippen molar-refractivity contribution < 1.29 is 19.3 Å². The van der Waals surface area contributed by atoms with Crippen LogP contribution in [0.4, 0.5) is 5.82 Å². The molecule has 1 aliphatic heterocycles. The van der Waals surface area contributed by atoms with E-state index < -0.39 is 18.9 Å². The number of carbonyl (C=O) groups excluding carboxylic acids is 1. The van der Waals surface area contributed by atoms with E-state index >= 15 is 0 Å². The monoisotopic (exact) mass is 317 g/mol. The topological polar surface area (TPSA) is 95.7 Å². The van der Waals surface area contributed by atoms with Gasteiger partial charge in [0.25, 0.3) is 0 Å². The summed E-state index contributed by atoms with van der Waals surface area (Å²) in [7, 11) is -0.660. The molecule has 2 heterocycles. The second-order valence-corrected chi connectivity index (χ2v) is 5.27. The average molecular weight is 317 g/mol. The van der Waals surface area contributed by atoms with Crippen molar-refractivity contribution in [2.45, 2.75) is 26.6 Å². The lowest BCUT2D eigenvalue weighted by Gasteiger charge is -2.31. The van der Waals surface area contributed by atoms with Crippen molar-refractivity contribution in [1.29, 1.82) is 5.26 Å². The highest BCUT2D eigenvalue weighted by atomic mass is 16.5. The SMILES string of the molecule is CCOC(=O)C(C#N)CCc1ccc2c(n1)N(B(C)O)CCO2. The first-order valence-electron chi connectivity index (χ1n) is 7.70. The van der Waals surface area contributed by atoms with Gasteiger partial charge in [-0.15, -0.1) is 0 Å². The maximum atomic E-state index is 11.6. The number of carbonyl (C=O) groups is 1. The molecule has 0 saturated heterocycles. The number of aryl methyl sites for hydroxylation is 1. The van der Waals surface area contributed by atoms with Crippen LogP contribution in [0, 0.1) is 17.2 Å². The second-order valence-electron chi connectivity index (χ2n) is 5.27. The molecule has 0 spiro atoms. The van der Waals surface area contributed by atoms with E-state index in [1.165, 1.54) is 0 Å². The van der Waals surface area contributed by atoms with Gasteiger partial charge >= 0.3 is 13.0 Å². The number of pyridine rings is 1. The lowest BCUT2D eigenvalue weighted by molar-refractivity contribution is -0.146. The number of nitrogens with zero attached hydrogens (tertiary/aromatic N) is 3. The molecule has 0 radical (unpaired) electrons. The Morgan fingerprint density at radius 2 is 2.43 bits per heavy atom. The second kappa shape index (κ2) is 7.83. The number of nitriles is 1. The summed E-state index contributed by atoms with van der Waals surface area (Å²) >= 11 is 0. The summed E-state index contributed by atoms with van der Waals surface area (Å²) in [4.78, 5) is 17.9. The molecule has 1 atom stereocenters. The van der Waals surface area contributed by atoms with Crippen LogP contribution < -0.4 is 9.55 Å². The maximum Gasteiger partial charge on any atom is 0.410 e. The lowest BCUT2D eigenvalue weighted by atomic mass is 9.84. The van der Waals surface area contributed by atoms with Crippen molar-refractivity contribution in [2.75, 3.05) is 24.6 Å². The summed E-state index contributed by atoms with van der Waals surface area (Å²) < 4.78 is 10.4. The third-order valence-electron chi connectivity index (χ3n) is 3.63. The Balaban J connectivity index is 2.08. The molecule has 8 heteroatoms. The summed E-state index contributed by atoms with van der Waals surface area (Å²) in [6.07, 6.45) is 0.814. The first kappa shape index (κ1) is 17.1. The highest BCUT2D eigenvalue weighted by Gasteiger charge is 2.26. The number of hydrogen-bond donors (Lipinski definition) is 1. The highest BCUT2D eigenvalue weighted by molar-refractivity contribution is 6.53. The van der Waals surface area contributed by atoms with Crippen molar-refractivity contribution in [3.63, 3.8) is 0 Å². The van der Waals surface area contributed by atoms with Crippen molar-refractivity contribution in [3.05, 3.63) is 17.8 Å². The molecule has 1 unspecified atom stereocenters. The Morgan fingerprint density at radius 1 is 1.65 bits per heavy atom. The molecule has 7 nitrogen and oxygen atoms in total. The highest BCUT2D eigenvalue weighted by Crippen LogP contribution is 2.30. The van der Waals surface area contributed by atoms with Crippen LogP contribution in [0.15, 0.2) is 12.1 Å². The Kier molecular flexibility index (Phi) is 5.82. The van der Waals surface area contributed by atoms with Gasteiger partial charge in [0, 0.05) is 12.2 Å². The van der Waals surface area contributed by atoms with Crippen molar-refractivity contribution in [1.82, 2.24) is 4.98 Å². The van der Waals surface area contributed by atoms with E-state index in [1.54, 1.807) is 24.6 Å². The lowest BCUT2D eigenvalue weighted by Crippen LogP contribution is -2.43. The van der Waals surface area contributed by atoms with Gasteiger partial charge in [-0.3, -0.25) is 4.79 Å². The van der Waals surface area contributed by atoms with Crippen LogP contribution in [0.25, 0.3) is 0 Å². The predicted molar refractivity (Wildman–Crippen MR) is 85.0 cm³/mol. The van der Waals surface area contributed by atoms with Gasteiger partial charge in [0.15, 0.2) is 11.6 Å². The fourth-order valence-electron chi connectivity index (χ4n) is 2.43. The van der Waals surface area contributed by atoms with Crippen molar-refractivity contribution >= 4 is 18.8 Å². The van der Waals surface area contributed by atoms with Crippen LogP contribution in [-0.4, -0.2) is 42.8 Å². The molecule has 1 aromatic heterocycles. The van der Waals surface area contributed by atoms with Gasteiger partial charge in [0.2, 0.25) is 0 Å². The number of fused-ring (bicyclic) bond motifs is 1. The quantitative estimate of drug-likeness (QED) is 0.618. The standard InChI is InChI=1S/C15H20BN3O4/c1-3-22-15(20)11(10-17)4-5-12-6-7-13-14(18-12)19(16(2)21)8-9-23-13/h6-7,11,21H,3-5,8-9H2,1-2H3. The third-order valence-corrected chi connectivity index (χ3v) is 3.63. The van der Waals surface area contributed by atoms with Gasteiger partial charge in [-0.25, -0.2) is 4.98 Å². The zero-order valence-electron chi connectivity index (χ0n) is 13.4. The van der Waals surface area contributed by atoms with Crippen LogP contribution in [0.2, 0.25) is 6.82 Å². The fraction of sp³-hybridized carbons (Fsp3) is 0.533. The van der Waals surface area contributed by atoms with E-state index in [0.717, 1.165) is 5.69 Å². The molecule has 1 N–H and O–H groups in total. The first-order valence-corrected chi connectivity index (χ1v) is 7.70. The van der Waals surface area contributed by atoms with E-state index in [9.17, 15) is 9.82 Å². The van der Waals surface area contributed by atoms with Crippen LogP contribution >= 0.6 is 0 Å². The zero-order valence-corrected chi connectivity index (χ0v) is 13.4. The van der Waals surface area contributed by atoms with E-state index in [4.69, 9.17) is 14.7 Å². The summed E-state index contributed by atoms with van der Waals surface area (Å²) in [5.41, 5.74) is 0.740. The Hall–Kier alpha value is -2.27. The van der Waals surface area contributed by atoms with Gasteiger partial charge in [0.1, 0.15) is 12.5 Å². The van der Waals surface area contributed by atoms with Crippen molar-refractivity contribution in [3.8, 4) is 11.8 Å². The summed E-state index contributed by atoms with van der Waals surface area (Å²) in [5.74, 6) is -0.0738. The van der Waals surface area contributed by atoms with Gasteiger partial charge in [-0.1, -0.05) is 0 Å². The minimum Gasteiger partial charge on any atom is -0.488 e. The number of ether oxygens (including phenoxy) is 2. The fourth-order valence-corrected chi connectivity index (χ4v) is 2.43. The number of rotatable bonds is 6. The van der Waals surface area contributed by atoms with E-state index in [2.05, 4.69) is 4.98 Å². The summed E-state index contributed by atoms with van der Waals surface area (Å²) in [6, 6.07) is 5.58. The molecule has 122 valence electrons. The predicted octanol–water partition coefficient (Wildman–Crippen LogP) is 1.03. The van der Waals surface area contributed by atoms with E-state index in [0.29, 0.717) is 37.6 Å². The average Bonchev–Trinajstić information content (AvgIpc) is 2.54. The molecule has 0 bridgehead atoms.